The van der Waals surface area contributed by atoms with Gasteiger partial charge in [0, 0.05) is 6.61 Å². The zero-order valence-electron chi connectivity index (χ0n) is 39.0. The monoisotopic (exact) mass is 810 g/mol. The lowest BCUT2D eigenvalue weighted by Gasteiger charge is -2.23. The van der Waals surface area contributed by atoms with Crippen LogP contribution in [0.5, 0.6) is 0 Å². The van der Waals surface area contributed by atoms with Crippen LogP contribution in [0.2, 0.25) is 0 Å². The smallest absolute Gasteiger partial charge is 0.308 e. The van der Waals surface area contributed by atoms with Gasteiger partial charge >= 0.3 is 11.9 Å². The van der Waals surface area contributed by atoms with E-state index < -0.39 is 6.29 Å². The van der Waals surface area contributed by atoms with Gasteiger partial charge in [-0.15, -0.1) is 0 Å². The number of carbonyl (C=O) groups excluding carboxylic acids is 2. The number of nitrogens with zero attached hydrogens (tertiary/aromatic N) is 1. The maximum Gasteiger partial charge on any atom is 0.308 e. The molecule has 0 aliphatic heterocycles. The summed E-state index contributed by atoms with van der Waals surface area (Å²) in [4.78, 5) is 28.6. The summed E-state index contributed by atoms with van der Waals surface area (Å²) < 4.78 is 17.0. The molecule has 3 unspecified atom stereocenters. The predicted molar refractivity (Wildman–Crippen MR) is 243 cm³/mol. The Kier molecular flexibility index (Phi) is 43.5. The van der Waals surface area contributed by atoms with Crippen molar-refractivity contribution in [2.45, 2.75) is 259 Å². The molecule has 0 aliphatic carbocycles. The highest BCUT2D eigenvalue weighted by molar-refractivity contribution is 5.72. The summed E-state index contributed by atoms with van der Waals surface area (Å²) in [6, 6.07) is 0. The molecule has 1 N–H and O–H groups in total. The lowest BCUT2D eigenvalue weighted by Crippen LogP contribution is -2.28. The Morgan fingerprint density at radius 1 is 0.404 bits per heavy atom. The van der Waals surface area contributed by atoms with Crippen LogP contribution in [0.1, 0.15) is 253 Å². The van der Waals surface area contributed by atoms with E-state index in [1.54, 1.807) is 0 Å². The standard InChI is InChI=1S/C50H99NO6/c1-6-11-15-19-21-29-38-46(36-27-17-13-8-3)49(53)56-44-33-25-23-31-41-51(43-35-40-48(52)55-10-5)42-32-24-26-34-45-57-50(54)47(37-28-18-14-9-4)39-30-22-20-16-12-7-2/h46-48,52H,6-45H2,1-5H3. The number of ether oxygens (including phenoxy) is 3. The Morgan fingerprint density at radius 3 is 1.11 bits per heavy atom. The van der Waals surface area contributed by atoms with Crippen molar-refractivity contribution in [3.8, 4) is 0 Å². The molecule has 0 saturated heterocycles. The molecular formula is C50H99NO6. The number of esters is 2. The third kappa shape index (κ3) is 37.6. The Bertz CT molecular complexity index is 782. The van der Waals surface area contributed by atoms with Crippen LogP contribution in [0, 0.1) is 11.8 Å². The predicted octanol–water partition coefficient (Wildman–Crippen LogP) is 14.3. The van der Waals surface area contributed by atoms with Gasteiger partial charge in [-0.1, -0.05) is 182 Å². The number of carbonyl (C=O) groups is 2. The second kappa shape index (κ2) is 44.4. The molecule has 57 heavy (non-hydrogen) atoms. The van der Waals surface area contributed by atoms with E-state index in [-0.39, 0.29) is 23.8 Å². The maximum atomic E-state index is 13.0. The largest absolute Gasteiger partial charge is 0.465 e. The molecule has 340 valence electrons. The lowest BCUT2D eigenvalue weighted by molar-refractivity contribution is -0.150. The van der Waals surface area contributed by atoms with E-state index in [9.17, 15) is 14.7 Å². The molecule has 0 spiro atoms. The molecule has 7 heteroatoms. The van der Waals surface area contributed by atoms with E-state index in [0.717, 1.165) is 129 Å². The number of unbranched alkanes of at least 4 members (excludes halogenated alkanes) is 22. The van der Waals surface area contributed by atoms with E-state index in [2.05, 4.69) is 32.6 Å². The summed E-state index contributed by atoms with van der Waals surface area (Å²) in [5.74, 6) is 0.248. The van der Waals surface area contributed by atoms with Gasteiger partial charge in [-0.25, -0.2) is 0 Å². The van der Waals surface area contributed by atoms with Crippen LogP contribution in [0.25, 0.3) is 0 Å². The molecule has 0 amide bonds. The van der Waals surface area contributed by atoms with Crippen molar-refractivity contribution in [1.29, 1.82) is 0 Å². The van der Waals surface area contributed by atoms with Crippen LogP contribution in [0.15, 0.2) is 0 Å². The highest BCUT2D eigenvalue weighted by Gasteiger charge is 2.20. The van der Waals surface area contributed by atoms with Crippen molar-refractivity contribution >= 4 is 11.9 Å². The van der Waals surface area contributed by atoms with Gasteiger partial charge in [0.25, 0.3) is 0 Å². The van der Waals surface area contributed by atoms with Crippen molar-refractivity contribution in [3.05, 3.63) is 0 Å². The van der Waals surface area contributed by atoms with Gasteiger partial charge in [-0.3, -0.25) is 9.59 Å². The normalized spacial score (nSPS) is 13.2. The first-order valence-electron chi connectivity index (χ1n) is 25.3. The molecular weight excluding hydrogens is 711 g/mol. The van der Waals surface area contributed by atoms with E-state index in [1.807, 2.05) is 6.92 Å². The van der Waals surface area contributed by atoms with Crippen LogP contribution in [-0.4, -0.2) is 67.7 Å². The summed E-state index contributed by atoms with van der Waals surface area (Å²) >= 11 is 0. The summed E-state index contributed by atoms with van der Waals surface area (Å²) in [5.41, 5.74) is 0. The molecule has 0 aromatic carbocycles. The zero-order chi connectivity index (χ0) is 41.9. The van der Waals surface area contributed by atoms with Crippen LogP contribution >= 0.6 is 0 Å². The Labute approximate surface area is 355 Å². The summed E-state index contributed by atoms with van der Waals surface area (Å²) in [5, 5.41) is 10.1. The first-order chi connectivity index (χ1) is 27.9. The topological polar surface area (TPSA) is 85.3 Å². The van der Waals surface area contributed by atoms with E-state index in [1.165, 1.54) is 103 Å². The summed E-state index contributed by atoms with van der Waals surface area (Å²) in [6.45, 7) is 15.6. The third-order valence-electron chi connectivity index (χ3n) is 11.8. The first kappa shape index (κ1) is 55.8. The molecule has 0 heterocycles. The number of hydrogen-bond acceptors (Lipinski definition) is 7. The average molecular weight is 810 g/mol. The van der Waals surface area contributed by atoms with E-state index >= 15 is 0 Å². The molecule has 7 nitrogen and oxygen atoms in total. The molecule has 3 atom stereocenters. The fraction of sp³-hybridized carbons (Fsp3) is 0.960. The van der Waals surface area contributed by atoms with Gasteiger partial charge in [0.2, 0.25) is 0 Å². The van der Waals surface area contributed by atoms with Crippen molar-refractivity contribution in [1.82, 2.24) is 4.90 Å². The highest BCUT2D eigenvalue weighted by atomic mass is 16.6. The van der Waals surface area contributed by atoms with Crippen LogP contribution in [0.3, 0.4) is 0 Å². The van der Waals surface area contributed by atoms with Crippen molar-refractivity contribution in [3.63, 3.8) is 0 Å². The van der Waals surface area contributed by atoms with Crippen molar-refractivity contribution in [2.75, 3.05) is 39.5 Å². The molecule has 0 saturated carbocycles. The van der Waals surface area contributed by atoms with Gasteiger partial charge in [0.1, 0.15) is 0 Å². The SMILES string of the molecule is CCCCCCCCC(CCCCCC)C(=O)OCCCCCCN(CCCCCCOC(=O)C(CCCCCC)CCCCCCCC)CCCC(O)OCC. The molecule has 0 radical (unpaired) electrons. The maximum absolute atomic E-state index is 13.0. The number of rotatable bonds is 46. The molecule has 0 aliphatic rings. The summed E-state index contributed by atoms with van der Waals surface area (Å²) in [7, 11) is 0. The van der Waals surface area contributed by atoms with E-state index in [4.69, 9.17) is 14.2 Å². The Balaban J connectivity index is 4.56. The minimum absolute atomic E-state index is 0.0455. The third-order valence-corrected chi connectivity index (χ3v) is 11.8. The van der Waals surface area contributed by atoms with E-state index in [0.29, 0.717) is 26.2 Å². The highest BCUT2D eigenvalue weighted by Crippen LogP contribution is 2.22. The number of hydrogen-bond donors (Lipinski definition) is 1. The minimum atomic E-state index is -0.675. The minimum Gasteiger partial charge on any atom is -0.465 e. The van der Waals surface area contributed by atoms with Crippen LogP contribution in [-0.2, 0) is 23.8 Å². The molecule has 0 fully saturated rings. The van der Waals surface area contributed by atoms with Gasteiger partial charge in [0.05, 0.1) is 25.0 Å². The second-order valence-corrected chi connectivity index (χ2v) is 17.3. The van der Waals surface area contributed by atoms with Gasteiger partial charge in [-0.2, -0.15) is 0 Å². The Morgan fingerprint density at radius 2 is 0.719 bits per heavy atom. The zero-order valence-corrected chi connectivity index (χ0v) is 39.0. The van der Waals surface area contributed by atoms with Crippen molar-refractivity contribution < 1.29 is 28.9 Å². The fourth-order valence-corrected chi connectivity index (χ4v) is 8.00. The quantitative estimate of drug-likeness (QED) is 0.0372. The molecule has 0 aromatic heterocycles. The first-order valence-corrected chi connectivity index (χ1v) is 25.3. The lowest BCUT2D eigenvalue weighted by atomic mass is 9.94. The summed E-state index contributed by atoms with van der Waals surface area (Å²) in [6.07, 6.45) is 38.2. The van der Waals surface area contributed by atoms with Gasteiger partial charge < -0.3 is 24.2 Å². The van der Waals surface area contributed by atoms with Crippen LogP contribution in [0.4, 0.5) is 0 Å². The molecule has 0 bridgehead atoms. The number of aliphatic hydroxyl groups excluding tert-OH is 1. The van der Waals surface area contributed by atoms with Gasteiger partial charge in [0.15, 0.2) is 6.29 Å². The van der Waals surface area contributed by atoms with Crippen molar-refractivity contribution in [2.24, 2.45) is 11.8 Å². The number of aliphatic hydroxyl groups is 1. The second-order valence-electron chi connectivity index (χ2n) is 17.3. The van der Waals surface area contributed by atoms with Crippen LogP contribution < -0.4 is 0 Å². The molecule has 0 aromatic rings. The fourth-order valence-electron chi connectivity index (χ4n) is 8.00. The average Bonchev–Trinajstić information content (AvgIpc) is 3.20. The Hall–Kier alpha value is -1.18. The van der Waals surface area contributed by atoms with Gasteiger partial charge in [-0.05, 0) is 90.8 Å². The molecule has 0 rings (SSSR count).